The van der Waals surface area contributed by atoms with Gasteiger partial charge >= 0.3 is 0 Å². The normalized spacial score (nSPS) is 16.9. The van der Waals surface area contributed by atoms with Gasteiger partial charge in [-0.25, -0.2) is 0 Å². The summed E-state index contributed by atoms with van der Waals surface area (Å²) in [5.41, 5.74) is 0.993. The van der Waals surface area contributed by atoms with Crippen LogP contribution in [0.1, 0.15) is 25.7 Å². The first-order valence-electron chi connectivity index (χ1n) is 5.44. The minimum absolute atomic E-state index is 0.686. The van der Waals surface area contributed by atoms with E-state index in [0.717, 1.165) is 18.2 Å². The third-order valence-corrected chi connectivity index (χ3v) is 3.53. The summed E-state index contributed by atoms with van der Waals surface area (Å²) in [7, 11) is 0. The van der Waals surface area contributed by atoms with Crippen molar-refractivity contribution in [1.29, 1.82) is 0 Å². The molecule has 1 saturated carbocycles. The van der Waals surface area contributed by atoms with Crippen LogP contribution in [0.25, 0.3) is 0 Å². The van der Waals surface area contributed by atoms with Gasteiger partial charge in [-0.1, -0.05) is 36.0 Å². The van der Waals surface area contributed by atoms with Crippen molar-refractivity contribution in [3.05, 3.63) is 28.2 Å². The molecule has 1 aromatic carbocycles. The van der Waals surface area contributed by atoms with E-state index in [1.807, 2.05) is 12.1 Å². The molecule has 0 atom stereocenters. The number of benzene rings is 1. The summed E-state index contributed by atoms with van der Waals surface area (Å²) >= 11 is 11.9. The van der Waals surface area contributed by atoms with E-state index in [1.165, 1.54) is 25.7 Å². The zero-order valence-corrected chi connectivity index (χ0v) is 10.1. The third kappa shape index (κ3) is 3.02. The molecule has 0 spiro atoms. The Kier molecular flexibility index (Phi) is 3.76. The van der Waals surface area contributed by atoms with Gasteiger partial charge in [0.05, 0.1) is 10.7 Å². The minimum Gasteiger partial charge on any atom is -0.384 e. The molecule has 0 aromatic heterocycles. The Labute approximate surface area is 101 Å². The molecule has 0 heterocycles. The second-order valence-corrected chi connectivity index (χ2v) is 5.00. The van der Waals surface area contributed by atoms with Crippen LogP contribution < -0.4 is 5.32 Å². The van der Waals surface area contributed by atoms with E-state index in [0.29, 0.717) is 10.0 Å². The van der Waals surface area contributed by atoms with Crippen molar-refractivity contribution in [2.45, 2.75) is 25.7 Å². The molecule has 1 aliphatic carbocycles. The lowest BCUT2D eigenvalue weighted by Crippen LogP contribution is -2.11. The zero-order valence-electron chi connectivity index (χ0n) is 8.60. The quantitative estimate of drug-likeness (QED) is 0.819. The van der Waals surface area contributed by atoms with Gasteiger partial charge in [0.15, 0.2) is 0 Å². The molecule has 82 valence electrons. The molecule has 1 fully saturated rings. The van der Waals surface area contributed by atoms with Crippen molar-refractivity contribution >= 4 is 28.9 Å². The first kappa shape index (κ1) is 11.1. The van der Waals surface area contributed by atoms with Gasteiger partial charge in [-0.05, 0) is 37.0 Å². The SMILES string of the molecule is Clc1ccc(NCC2CCCC2)c(Cl)c1. The number of anilines is 1. The fourth-order valence-electron chi connectivity index (χ4n) is 2.10. The summed E-state index contributed by atoms with van der Waals surface area (Å²) in [6, 6.07) is 5.59. The second kappa shape index (κ2) is 5.09. The summed E-state index contributed by atoms with van der Waals surface area (Å²) < 4.78 is 0. The maximum Gasteiger partial charge on any atom is 0.0652 e. The molecule has 1 aliphatic rings. The van der Waals surface area contributed by atoms with Gasteiger partial charge in [0.1, 0.15) is 0 Å². The van der Waals surface area contributed by atoms with Crippen molar-refractivity contribution < 1.29 is 0 Å². The summed E-state index contributed by atoms with van der Waals surface area (Å²) in [5, 5.41) is 4.79. The predicted octanol–water partition coefficient (Wildman–Crippen LogP) is 4.60. The highest BCUT2D eigenvalue weighted by molar-refractivity contribution is 6.36. The number of halogens is 2. The smallest absolute Gasteiger partial charge is 0.0652 e. The molecule has 15 heavy (non-hydrogen) atoms. The third-order valence-electron chi connectivity index (χ3n) is 2.99. The Hall–Kier alpha value is -0.400. The van der Waals surface area contributed by atoms with E-state index in [9.17, 15) is 0 Å². The van der Waals surface area contributed by atoms with Gasteiger partial charge in [0, 0.05) is 11.6 Å². The van der Waals surface area contributed by atoms with Crippen LogP contribution in [0.15, 0.2) is 18.2 Å². The lowest BCUT2D eigenvalue weighted by molar-refractivity contribution is 0.580. The molecule has 0 radical (unpaired) electrons. The van der Waals surface area contributed by atoms with E-state index < -0.39 is 0 Å². The average molecular weight is 244 g/mol. The van der Waals surface area contributed by atoms with Crippen molar-refractivity contribution in [2.75, 3.05) is 11.9 Å². The lowest BCUT2D eigenvalue weighted by atomic mass is 10.1. The number of rotatable bonds is 3. The Bertz CT molecular complexity index is 332. The Morgan fingerprint density at radius 2 is 1.93 bits per heavy atom. The second-order valence-electron chi connectivity index (χ2n) is 4.16. The monoisotopic (exact) mass is 243 g/mol. The van der Waals surface area contributed by atoms with Gasteiger partial charge in [-0.2, -0.15) is 0 Å². The van der Waals surface area contributed by atoms with Crippen molar-refractivity contribution in [1.82, 2.24) is 0 Å². The van der Waals surface area contributed by atoms with Crippen LogP contribution >= 0.6 is 23.2 Å². The van der Waals surface area contributed by atoms with Crippen LogP contribution in [0.5, 0.6) is 0 Å². The lowest BCUT2D eigenvalue weighted by Gasteiger charge is -2.12. The summed E-state index contributed by atoms with van der Waals surface area (Å²) in [6.07, 6.45) is 5.44. The molecule has 2 rings (SSSR count). The predicted molar refractivity (Wildman–Crippen MR) is 66.9 cm³/mol. The van der Waals surface area contributed by atoms with Gasteiger partial charge in [0.25, 0.3) is 0 Å². The molecule has 0 amide bonds. The van der Waals surface area contributed by atoms with Crippen LogP contribution in [0.2, 0.25) is 10.0 Å². The summed E-state index contributed by atoms with van der Waals surface area (Å²) in [4.78, 5) is 0. The average Bonchev–Trinajstić information content (AvgIpc) is 2.69. The maximum absolute atomic E-state index is 6.07. The van der Waals surface area contributed by atoms with E-state index in [4.69, 9.17) is 23.2 Å². The van der Waals surface area contributed by atoms with Crippen molar-refractivity contribution in [3.8, 4) is 0 Å². The largest absolute Gasteiger partial charge is 0.384 e. The van der Waals surface area contributed by atoms with Gasteiger partial charge in [0.2, 0.25) is 0 Å². The van der Waals surface area contributed by atoms with E-state index >= 15 is 0 Å². The highest BCUT2D eigenvalue weighted by atomic mass is 35.5. The fourth-order valence-corrected chi connectivity index (χ4v) is 2.58. The van der Waals surface area contributed by atoms with E-state index in [1.54, 1.807) is 6.07 Å². The highest BCUT2D eigenvalue weighted by Gasteiger charge is 2.14. The van der Waals surface area contributed by atoms with Crippen LogP contribution in [-0.4, -0.2) is 6.54 Å². The molecule has 0 saturated heterocycles. The zero-order chi connectivity index (χ0) is 10.7. The molecule has 1 nitrogen and oxygen atoms in total. The Morgan fingerprint density at radius 1 is 1.20 bits per heavy atom. The molecule has 3 heteroatoms. The van der Waals surface area contributed by atoms with Crippen LogP contribution in [0.3, 0.4) is 0 Å². The molecule has 0 aliphatic heterocycles. The Morgan fingerprint density at radius 3 is 2.60 bits per heavy atom. The molecule has 1 aromatic rings. The standard InChI is InChI=1S/C12H15Cl2N/c13-10-5-6-12(11(14)7-10)15-8-9-3-1-2-4-9/h5-7,9,15H,1-4,8H2. The number of hydrogen-bond donors (Lipinski definition) is 1. The molecule has 0 bridgehead atoms. The van der Waals surface area contributed by atoms with E-state index in [-0.39, 0.29) is 0 Å². The molecule has 0 unspecified atom stereocenters. The highest BCUT2D eigenvalue weighted by Crippen LogP contribution is 2.28. The van der Waals surface area contributed by atoms with Crippen LogP contribution in [0, 0.1) is 5.92 Å². The molecular weight excluding hydrogens is 229 g/mol. The van der Waals surface area contributed by atoms with Crippen LogP contribution in [-0.2, 0) is 0 Å². The first-order valence-corrected chi connectivity index (χ1v) is 6.20. The first-order chi connectivity index (χ1) is 7.25. The van der Waals surface area contributed by atoms with Gasteiger partial charge in [-0.15, -0.1) is 0 Å². The fraction of sp³-hybridized carbons (Fsp3) is 0.500. The van der Waals surface area contributed by atoms with E-state index in [2.05, 4.69) is 5.32 Å². The van der Waals surface area contributed by atoms with Gasteiger partial charge < -0.3 is 5.32 Å². The molecule has 1 N–H and O–H groups in total. The number of nitrogens with one attached hydrogen (secondary N) is 1. The minimum atomic E-state index is 0.686. The topological polar surface area (TPSA) is 12.0 Å². The number of hydrogen-bond acceptors (Lipinski definition) is 1. The Balaban J connectivity index is 1.92. The van der Waals surface area contributed by atoms with Gasteiger partial charge in [-0.3, -0.25) is 0 Å². The molecular formula is C12H15Cl2N. The van der Waals surface area contributed by atoms with Crippen molar-refractivity contribution in [2.24, 2.45) is 5.92 Å². The van der Waals surface area contributed by atoms with Crippen molar-refractivity contribution in [3.63, 3.8) is 0 Å². The summed E-state index contributed by atoms with van der Waals surface area (Å²) in [6.45, 7) is 1.03. The van der Waals surface area contributed by atoms with Crippen LogP contribution in [0.4, 0.5) is 5.69 Å². The summed E-state index contributed by atoms with van der Waals surface area (Å²) in [5.74, 6) is 0.816. The maximum atomic E-state index is 6.07.